The summed E-state index contributed by atoms with van der Waals surface area (Å²) in [5.74, 6) is 1.21. The smallest absolute Gasteiger partial charge is 0.311 e. The molecule has 2 aromatic rings. The van der Waals surface area contributed by atoms with Crippen molar-refractivity contribution in [3.63, 3.8) is 0 Å². The normalized spacial score (nSPS) is 17.3. The highest BCUT2D eigenvalue weighted by atomic mass is 16.5. The number of piperidine rings is 1. The van der Waals surface area contributed by atoms with E-state index in [2.05, 4.69) is 36.5 Å². The summed E-state index contributed by atoms with van der Waals surface area (Å²) in [6.45, 7) is 3.25. The average molecular weight is 410 g/mol. The minimum atomic E-state index is -0.162. The second-order valence-corrected chi connectivity index (χ2v) is 8.16. The van der Waals surface area contributed by atoms with Crippen LogP contribution in [0, 0.1) is 0 Å². The van der Waals surface area contributed by atoms with Crippen LogP contribution in [0.5, 0.6) is 11.5 Å². The highest BCUT2D eigenvalue weighted by molar-refractivity contribution is 5.72. The number of benzene rings is 2. The first-order valence-electron chi connectivity index (χ1n) is 11.5. The molecule has 0 amide bonds. The maximum Gasteiger partial charge on any atom is 0.311 e. The predicted molar refractivity (Wildman–Crippen MR) is 121 cm³/mol. The lowest BCUT2D eigenvalue weighted by atomic mass is 9.96. The Kier molecular flexibility index (Phi) is 9.23. The van der Waals surface area contributed by atoms with Crippen molar-refractivity contribution in [3.05, 3.63) is 60.2 Å². The van der Waals surface area contributed by atoms with Gasteiger partial charge in [-0.05, 0) is 55.6 Å². The van der Waals surface area contributed by atoms with E-state index < -0.39 is 0 Å². The molecule has 3 rings (SSSR count). The van der Waals surface area contributed by atoms with Gasteiger partial charge >= 0.3 is 5.97 Å². The lowest BCUT2D eigenvalue weighted by Gasteiger charge is -2.28. The molecule has 2 atom stereocenters. The van der Waals surface area contributed by atoms with E-state index >= 15 is 0 Å². The van der Waals surface area contributed by atoms with Crippen LogP contribution in [0.2, 0.25) is 0 Å². The maximum absolute atomic E-state index is 12.0. The fourth-order valence-corrected chi connectivity index (χ4v) is 3.93. The van der Waals surface area contributed by atoms with Crippen LogP contribution < -0.4 is 14.8 Å². The van der Waals surface area contributed by atoms with Crippen molar-refractivity contribution in [2.45, 2.75) is 76.9 Å². The van der Waals surface area contributed by atoms with Gasteiger partial charge in [0, 0.05) is 18.9 Å². The van der Waals surface area contributed by atoms with Gasteiger partial charge in [-0.3, -0.25) is 4.79 Å². The van der Waals surface area contributed by atoms with Crippen LogP contribution in [-0.4, -0.2) is 18.6 Å². The summed E-state index contributed by atoms with van der Waals surface area (Å²) in [7, 11) is 0. The molecule has 2 aromatic carbocycles. The first-order valence-corrected chi connectivity index (χ1v) is 11.5. The van der Waals surface area contributed by atoms with Crippen LogP contribution in [0.15, 0.2) is 54.6 Å². The van der Waals surface area contributed by atoms with Crippen LogP contribution in [0.4, 0.5) is 0 Å². The van der Waals surface area contributed by atoms with Crippen LogP contribution in [-0.2, 0) is 4.79 Å². The first-order chi connectivity index (χ1) is 14.7. The number of rotatable bonds is 11. The number of carbonyl (C=O) groups excluding carboxylic acids is 1. The molecule has 1 aliphatic rings. The molecule has 1 heterocycles. The molecule has 4 nitrogen and oxygen atoms in total. The second-order valence-electron chi connectivity index (χ2n) is 8.16. The Balaban J connectivity index is 1.57. The second kappa shape index (κ2) is 12.4. The SMILES string of the molecule is CCCCCCC(=O)Oc1ccc(OC(CC2CCCCN2)c2ccccc2)cc1. The monoisotopic (exact) mass is 409 g/mol. The Morgan fingerprint density at radius 1 is 1.00 bits per heavy atom. The number of hydrogen-bond donors (Lipinski definition) is 1. The molecule has 1 aliphatic heterocycles. The molecule has 0 aliphatic carbocycles. The van der Waals surface area contributed by atoms with Crippen molar-refractivity contribution in [2.24, 2.45) is 0 Å². The van der Waals surface area contributed by atoms with E-state index in [-0.39, 0.29) is 12.1 Å². The van der Waals surface area contributed by atoms with E-state index in [1.807, 2.05) is 30.3 Å². The van der Waals surface area contributed by atoms with E-state index in [1.54, 1.807) is 0 Å². The van der Waals surface area contributed by atoms with E-state index in [1.165, 1.54) is 24.8 Å². The molecule has 4 heteroatoms. The Labute approximate surface area is 181 Å². The quantitative estimate of drug-likeness (QED) is 0.272. The van der Waals surface area contributed by atoms with Crippen molar-refractivity contribution in [1.29, 1.82) is 0 Å². The number of esters is 1. The molecule has 0 spiro atoms. The lowest BCUT2D eigenvalue weighted by Crippen LogP contribution is -2.36. The zero-order chi connectivity index (χ0) is 21.0. The van der Waals surface area contributed by atoms with Crippen molar-refractivity contribution in [2.75, 3.05) is 6.54 Å². The largest absolute Gasteiger partial charge is 0.486 e. The summed E-state index contributed by atoms with van der Waals surface area (Å²) in [5, 5.41) is 3.62. The molecular weight excluding hydrogens is 374 g/mol. The van der Waals surface area contributed by atoms with E-state index in [0.29, 0.717) is 18.2 Å². The van der Waals surface area contributed by atoms with Gasteiger partial charge in [0.15, 0.2) is 0 Å². The minimum absolute atomic E-state index is 0.00577. The molecule has 162 valence electrons. The fourth-order valence-electron chi connectivity index (χ4n) is 3.93. The molecule has 1 N–H and O–H groups in total. The van der Waals surface area contributed by atoms with Gasteiger partial charge in [-0.1, -0.05) is 62.9 Å². The predicted octanol–water partition coefficient (Wildman–Crippen LogP) is 6.21. The van der Waals surface area contributed by atoms with E-state index in [4.69, 9.17) is 9.47 Å². The van der Waals surface area contributed by atoms with Crippen molar-refractivity contribution in [3.8, 4) is 11.5 Å². The van der Waals surface area contributed by atoms with Crippen LogP contribution >= 0.6 is 0 Å². The van der Waals surface area contributed by atoms with Crippen LogP contribution in [0.1, 0.15) is 76.4 Å². The molecule has 0 aromatic heterocycles. The van der Waals surface area contributed by atoms with Gasteiger partial charge in [0.2, 0.25) is 0 Å². The summed E-state index contributed by atoms with van der Waals surface area (Å²) in [5.41, 5.74) is 1.19. The zero-order valence-electron chi connectivity index (χ0n) is 18.1. The van der Waals surface area contributed by atoms with Crippen LogP contribution in [0.25, 0.3) is 0 Å². The summed E-state index contributed by atoms with van der Waals surface area (Å²) < 4.78 is 11.8. The van der Waals surface area contributed by atoms with Gasteiger partial charge in [-0.2, -0.15) is 0 Å². The summed E-state index contributed by atoms with van der Waals surface area (Å²) in [6.07, 6.45) is 9.44. The van der Waals surface area contributed by atoms with Crippen molar-refractivity contribution >= 4 is 5.97 Å². The minimum Gasteiger partial charge on any atom is -0.486 e. The van der Waals surface area contributed by atoms with Gasteiger partial charge in [0.05, 0.1) is 0 Å². The van der Waals surface area contributed by atoms with Gasteiger partial charge in [-0.25, -0.2) is 0 Å². The molecule has 0 saturated carbocycles. The zero-order valence-corrected chi connectivity index (χ0v) is 18.1. The third-order valence-electron chi connectivity index (χ3n) is 5.65. The Morgan fingerprint density at radius 2 is 1.77 bits per heavy atom. The third-order valence-corrected chi connectivity index (χ3v) is 5.65. The molecule has 1 fully saturated rings. The number of carbonyl (C=O) groups is 1. The van der Waals surface area contributed by atoms with E-state index in [0.717, 1.165) is 44.4 Å². The summed E-state index contributed by atoms with van der Waals surface area (Å²) in [4.78, 5) is 12.0. The fraction of sp³-hybridized carbons (Fsp3) is 0.500. The third kappa shape index (κ3) is 7.49. The summed E-state index contributed by atoms with van der Waals surface area (Å²) >= 11 is 0. The maximum atomic E-state index is 12.0. The van der Waals surface area contributed by atoms with Gasteiger partial charge in [-0.15, -0.1) is 0 Å². The highest BCUT2D eigenvalue weighted by Gasteiger charge is 2.21. The van der Waals surface area contributed by atoms with Gasteiger partial charge in [0.25, 0.3) is 0 Å². The first kappa shape index (κ1) is 22.4. The van der Waals surface area contributed by atoms with Crippen molar-refractivity contribution < 1.29 is 14.3 Å². The Hall–Kier alpha value is -2.33. The van der Waals surface area contributed by atoms with Gasteiger partial charge in [0.1, 0.15) is 17.6 Å². The highest BCUT2D eigenvalue weighted by Crippen LogP contribution is 2.29. The molecule has 0 radical (unpaired) electrons. The number of unbranched alkanes of at least 4 members (excludes halogenated alkanes) is 3. The molecule has 0 bridgehead atoms. The standard InChI is InChI=1S/C26H35NO3/c1-2-3-4-8-14-26(28)30-24-17-15-23(16-18-24)29-25(21-11-6-5-7-12-21)20-22-13-9-10-19-27-22/h5-7,11-12,15-18,22,25,27H,2-4,8-10,13-14,19-20H2,1H3. The molecule has 1 saturated heterocycles. The average Bonchev–Trinajstić information content (AvgIpc) is 2.79. The van der Waals surface area contributed by atoms with E-state index in [9.17, 15) is 4.79 Å². The van der Waals surface area contributed by atoms with Crippen molar-refractivity contribution in [1.82, 2.24) is 5.32 Å². The topological polar surface area (TPSA) is 47.6 Å². The lowest BCUT2D eigenvalue weighted by molar-refractivity contribution is -0.134. The number of hydrogen-bond acceptors (Lipinski definition) is 4. The molecule has 2 unspecified atom stereocenters. The number of ether oxygens (including phenoxy) is 2. The Bertz CT molecular complexity index is 739. The molecule has 30 heavy (non-hydrogen) atoms. The number of nitrogens with one attached hydrogen (secondary N) is 1. The van der Waals surface area contributed by atoms with Crippen LogP contribution in [0.3, 0.4) is 0 Å². The molecular formula is C26H35NO3. The summed E-state index contributed by atoms with van der Waals surface area (Å²) in [6, 6.07) is 18.3. The Morgan fingerprint density at radius 3 is 2.47 bits per heavy atom. The van der Waals surface area contributed by atoms with Gasteiger partial charge < -0.3 is 14.8 Å².